The molecule has 6 N–H and O–H groups in total. The van der Waals surface area contributed by atoms with Gasteiger partial charge >= 0.3 is 5.97 Å². The summed E-state index contributed by atoms with van der Waals surface area (Å²) in [6.07, 6.45) is 0.879. The van der Waals surface area contributed by atoms with Gasteiger partial charge in [-0.2, -0.15) is 0 Å². The monoisotopic (exact) mass is 446 g/mol. The molecule has 1 atom stereocenters. The van der Waals surface area contributed by atoms with E-state index in [1.54, 1.807) is 26.1 Å². The van der Waals surface area contributed by atoms with Crippen molar-refractivity contribution in [1.29, 1.82) is 0 Å². The van der Waals surface area contributed by atoms with Gasteiger partial charge in [-0.05, 0) is 55.0 Å². The molecule has 1 unspecified atom stereocenters. The number of H-pyrrole nitrogens is 1. The molecule has 1 saturated carbocycles. The second-order valence-corrected chi connectivity index (χ2v) is 7.50. The van der Waals surface area contributed by atoms with Crippen molar-refractivity contribution in [2.75, 3.05) is 13.7 Å². The molecule has 8 nitrogen and oxygen atoms in total. The summed E-state index contributed by atoms with van der Waals surface area (Å²) in [5.41, 5.74) is 3.98. The van der Waals surface area contributed by atoms with Crippen LogP contribution < -0.4 is 5.32 Å². The van der Waals surface area contributed by atoms with Gasteiger partial charge in [0.2, 0.25) is 0 Å². The number of hydrogen-bond acceptors (Lipinski definition) is 7. The summed E-state index contributed by atoms with van der Waals surface area (Å²) >= 11 is 0. The number of benzene rings is 1. The molecule has 0 spiro atoms. The summed E-state index contributed by atoms with van der Waals surface area (Å²) in [6, 6.07) is 3.43. The molecule has 0 amide bonds. The van der Waals surface area contributed by atoms with Crippen molar-refractivity contribution in [3.63, 3.8) is 0 Å². The Kier molecular flexibility index (Phi) is 9.61. The van der Waals surface area contributed by atoms with E-state index < -0.39 is 12.1 Å². The van der Waals surface area contributed by atoms with Crippen molar-refractivity contribution in [1.82, 2.24) is 10.3 Å². The maximum Gasteiger partial charge on any atom is 0.355 e. The van der Waals surface area contributed by atoms with Crippen molar-refractivity contribution < 1.29 is 30.0 Å². The first-order chi connectivity index (χ1) is 15.5. The molecule has 2 aromatic rings. The number of aromatic nitrogens is 1. The van der Waals surface area contributed by atoms with Gasteiger partial charge in [0.25, 0.3) is 0 Å². The summed E-state index contributed by atoms with van der Waals surface area (Å²) in [5, 5.41) is 43.7. The molecule has 1 aromatic carbocycles. The Morgan fingerprint density at radius 3 is 2.34 bits per heavy atom. The summed E-state index contributed by atoms with van der Waals surface area (Å²) in [5.74, 6) is -0.488. The lowest BCUT2D eigenvalue weighted by molar-refractivity contribution is 0.0511. The molecule has 3 rings (SSSR count). The van der Waals surface area contributed by atoms with Crippen LogP contribution >= 0.6 is 0 Å². The van der Waals surface area contributed by atoms with Crippen molar-refractivity contribution in [3.8, 4) is 11.1 Å². The quantitative estimate of drug-likeness (QED) is 0.243. The number of nitrogens with one attached hydrogen (secondary N) is 2. The van der Waals surface area contributed by atoms with E-state index in [0.29, 0.717) is 45.6 Å². The molecule has 1 aromatic heterocycles. The fourth-order valence-electron chi connectivity index (χ4n) is 3.99. The molecular weight excluding hydrogens is 412 g/mol. The van der Waals surface area contributed by atoms with Gasteiger partial charge < -0.3 is 35.5 Å². The molecule has 1 aliphatic carbocycles. The van der Waals surface area contributed by atoms with Crippen LogP contribution in [0.2, 0.25) is 0 Å². The molecule has 0 bridgehead atoms. The van der Waals surface area contributed by atoms with E-state index in [-0.39, 0.29) is 38.0 Å². The Labute approximate surface area is 188 Å². The van der Waals surface area contributed by atoms with E-state index in [1.807, 2.05) is 0 Å². The van der Waals surface area contributed by atoms with Gasteiger partial charge in [0.05, 0.1) is 32.5 Å². The normalized spacial score (nSPS) is 13.9. The number of aromatic amines is 1. The average Bonchev–Trinajstić information content (AvgIpc) is 3.60. The number of ether oxygens (including phenoxy) is 1. The molecule has 0 aliphatic heterocycles. The van der Waals surface area contributed by atoms with Crippen LogP contribution in [-0.2, 0) is 31.1 Å². The minimum Gasteiger partial charge on any atom is -0.461 e. The molecule has 0 saturated heterocycles. The largest absolute Gasteiger partial charge is 0.461 e. The van der Waals surface area contributed by atoms with Crippen LogP contribution in [0, 0.1) is 5.92 Å². The summed E-state index contributed by atoms with van der Waals surface area (Å²) in [7, 11) is 1.77. The Morgan fingerprint density at radius 2 is 1.84 bits per heavy atom. The number of rotatable bonds is 10. The Morgan fingerprint density at radius 1 is 1.19 bits per heavy atom. The van der Waals surface area contributed by atoms with Gasteiger partial charge in [-0.1, -0.05) is 12.1 Å². The highest BCUT2D eigenvalue weighted by atomic mass is 16.5. The predicted molar refractivity (Wildman–Crippen MR) is 122 cm³/mol. The van der Waals surface area contributed by atoms with Crippen LogP contribution in [0.4, 0.5) is 0 Å². The van der Waals surface area contributed by atoms with Crippen molar-refractivity contribution in [2.45, 2.75) is 52.2 Å². The molecule has 1 aliphatic rings. The first kappa shape index (κ1) is 25.8. The van der Waals surface area contributed by atoms with E-state index in [4.69, 9.17) is 4.74 Å². The maximum atomic E-state index is 12.7. The van der Waals surface area contributed by atoms with Gasteiger partial charge in [-0.25, -0.2) is 4.79 Å². The molecular formula is C24H34N2O6. The zero-order chi connectivity index (χ0) is 23.8. The summed E-state index contributed by atoms with van der Waals surface area (Å²) in [4.78, 5) is 15.8. The molecule has 32 heavy (non-hydrogen) atoms. The minimum atomic E-state index is -0.858. The number of hydrogen-bond donors (Lipinski definition) is 6. The van der Waals surface area contributed by atoms with Crippen molar-refractivity contribution >= 4 is 5.97 Å². The third kappa shape index (κ3) is 5.11. The Hall–Kier alpha value is -2.49. The number of aliphatic hydroxyl groups excluding tert-OH is 4. The highest BCUT2D eigenvalue weighted by Gasteiger charge is 2.38. The summed E-state index contributed by atoms with van der Waals surface area (Å²) in [6.45, 7) is 7.33. The highest BCUT2D eigenvalue weighted by molar-refractivity contribution is 5.94. The fourth-order valence-corrected chi connectivity index (χ4v) is 3.99. The molecule has 8 heteroatoms. The predicted octanol–water partition coefficient (Wildman–Crippen LogP) is 2.30. The number of esters is 1. The molecule has 176 valence electrons. The van der Waals surface area contributed by atoms with E-state index in [2.05, 4.69) is 23.5 Å². The molecule has 1 fully saturated rings. The lowest BCUT2D eigenvalue weighted by Crippen LogP contribution is -2.12. The van der Waals surface area contributed by atoms with Gasteiger partial charge in [0.15, 0.2) is 0 Å². The topological polar surface area (TPSA) is 135 Å². The van der Waals surface area contributed by atoms with Crippen LogP contribution in [0.25, 0.3) is 11.1 Å². The minimum absolute atomic E-state index is 0.0572. The highest BCUT2D eigenvalue weighted by Crippen LogP contribution is 2.47. The fraction of sp³-hybridized carbons (Fsp3) is 0.458. The third-order valence-electron chi connectivity index (χ3n) is 5.60. The Balaban J connectivity index is 0.00000176. The zero-order valence-corrected chi connectivity index (χ0v) is 18.8. The van der Waals surface area contributed by atoms with E-state index in [0.717, 1.165) is 12.8 Å². The van der Waals surface area contributed by atoms with Crippen molar-refractivity contribution in [2.24, 2.45) is 5.92 Å². The number of aliphatic hydroxyl groups is 4. The second kappa shape index (κ2) is 11.9. The van der Waals surface area contributed by atoms with Crippen LogP contribution in [0.1, 0.15) is 64.3 Å². The SMILES string of the molecule is C=C.CCOC(=O)c1[nH]c(CNC)c(-c2ccc(CO)c(CO)c2CO)c1C(O)C1CC1. The van der Waals surface area contributed by atoms with E-state index in [1.165, 1.54) is 0 Å². The Bertz CT molecular complexity index is 920. The number of carbonyl (C=O) groups excluding carboxylic acids is 1. The third-order valence-corrected chi connectivity index (χ3v) is 5.60. The lowest BCUT2D eigenvalue weighted by atomic mass is 9.88. The zero-order valence-electron chi connectivity index (χ0n) is 18.8. The first-order valence-corrected chi connectivity index (χ1v) is 10.7. The van der Waals surface area contributed by atoms with Crippen molar-refractivity contribution in [3.05, 3.63) is 58.9 Å². The van der Waals surface area contributed by atoms with Crippen LogP contribution in [0.3, 0.4) is 0 Å². The number of carbonyl (C=O) groups is 1. The van der Waals surface area contributed by atoms with E-state index in [9.17, 15) is 25.2 Å². The van der Waals surface area contributed by atoms with Crippen LogP contribution in [-0.4, -0.2) is 45.0 Å². The van der Waals surface area contributed by atoms with Gasteiger partial charge in [-0.15, -0.1) is 13.2 Å². The molecule has 0 radical (unpaired) electrons. The smallest absolute Gasteiger partial charge is 0.355 e. The van der Waals surface area contributed by atoms with E-state index >= 15 is 0 Å². The van der Waals surface area contributed by atoms with Gasteiger partial charge in [-0.3, -0.25) is 0 Å². The van der Waals surface area contributed by atoms with Gasteiger partial charge in [0.1, 0.15) is 5.69 Å². The first-order valence-electron chi connectivity index (χ1n) is 10.7. The maximum absolute atomic E-state index is 12.7. The van der Waals surface area contributed by atoms with Crippen LogP contribution in [0.5, 0.6) is 0 Å². The molecule has 1 heterocycles. The summed E-state index contributed by atoms with van der Waals surface area (Å²) < 4.78 is 5.22. The second-order valence-electron chi connectivity index (χ2n) is 7.50. The lowest BCUT2D eigenvalue weighted by Gasteiger charge is -2.19. The van der Waals surface area contributed by atoms with Crippen LogP contribution in [0.15, 0.2) is 25.3 Å². The van der Waals surface area contributed by atoms with Gasteiger partial charge in [0, 0.05) is 23.4 Å². The standard InChI is InChI=1S/C22H30N2O6.C2H4/c1-3-30-22(29)20-19(21(28)12-4-5-12)18(17(24-20)8-23-2)14-7-6-13(9-25)15(10-26)16(14)11-27;1-2/h6-7,12,21,23-28H,3-5,8-11H2,1-2H3;1-2H2. The average molecular weight is 447 g/mol.